The topological polar surface area (TPSA) is 18.5 Å². The van der Waals surface area contributed by atoms with E-state index in [1.807, 2.05) is 55.5 Å². The molecule has 0 aliphatic heterocycles. The first kappa shape index (κ1) is 13.5. The molecule has 1 unspecified atom stereocenters. The Morgan fingerprint density at radius 1 is 0.714 bits per heavy atom. The van der Waals surface area contributed by atoms with Gasteiger partial charge in [0.15, 0.2) is 0 Å². The van der Waals surface area contributed by atoms with E-state index in [0.717, 1.165) is 16.9 Å². The molecule has 0 spiro atoms. The number of hydrogen-bond donors (Lipinski definition) is 0. The van der Waals surface area contributed by atoms with Crippen LogP contribution in [0.25, 0.3) is 10.8 Å². The maximum absolute atomic E-state index is 5.83. The molecule has 0 saturated heterocycles. The molecule has 1 atom stereocenters. The summed E-state index contributed by atoms with van der Waals surface area (Å²) in [6.45, 7) is 3.95. The Balaban J connectivity index is 1.70. The lowest BCUT2D eigenvalue weighted by Gasteiger charge is -2.17. The Morgan fingerprint density at radius 2 is 1.33 bits per heavy atom. The molecular formula is C19H18O2. The quantitative estimate of drug-likeness (QED) is 0.628. The van der Waals surface area contributed by atoms with Crippen molar-refractivity contribution in [3.8, 4) is 11.5 Å². The van der Waals surface area contributed by atoms with Crippen LogP contribution >= 0.6 is 0 Å². The van der Waals surface area contributed by atoms with Crippen LogP contribution in [0.15, 0.2) is 66.7 Å². The average Bonchev–Trinajstić information content (AvgIpc) is 2.49. The van der Waals surface area contributed by atoms with E-state index in [9.17, 15) is 0 Å². The van der Waals surface area contributed by atoms with Gasteiger partial charge in [-0.2, -0.15) is 0 Å². The van der Waals surface area contributed by atoms with Gasteiger partial charge in [0.2, 0.25) is 6.29 Å². The third-order valence-corrected chi connectivity index (χ3v) is 3.35. The fourth-order valence-electron chi connectivity index (χ4n) is 2.26. The summed E-state index contributed by atoms with van der Waals surface area (Å²) in [4.78, 5) is 0. The maximum atomic E-state index is 5.83. The third-order valence-electron chi connectivity index (χ3n) is 3.35. The molecule has 0 aliphatic rings. The van der Waals surface area contributed by atoms with Gasteiger partial charge in [0.25, 0.3) is 0 Å². The minimum Gasteiger partial charge on any atom is -0.455 e. The highest BCUT2D eigenvalue weighted by molar-refractivity contribution is 5.83. The molecule has 0 heterocycles. The molecule has 2 heteroatoms. The average molecular weight is 278 g/mol. The Kier molecular flexibility index (Phi) is 3.78. The number of aryl methyl sites for hydroxylation is 1. The molecule has 3 aromatic rings. The number of rotatable bonds is 4. The lowest BCUT2D eigenvalue weighted by molar-refractivity contribution is 0.0224. The van der Waals surface area contributed by atoms with E-state index in [-0.39, 0.29) is 6.29 Å². The van der Waals surface area contributed by atoms with Gasteiger partial charge in [0, 0.05) is 6.92 Å². The number of hydrogen-bond acceptors (Lipinski definition) is 2. The molecule has 0 aromatic heterocycles. The summed E-state index contributed by atoms with van der Waals surface area (Å²) < 4.78 is 11.6. The van der Waals surface area contributed by atoms with E-state index in [2.05, 4.69) is 25.1 Å². The van der Waals surface area contributed by atoms with Gasteiger partial charge in [-0.25, -0.2) is 0 Å². The number of ether oxygens (including phenoxy) is 2. The van der Waals surface area contributed by atoms with Crippen molar-refractivity contribution in [3.63, 3.8) is 0 Å². The summed E-state index contributed by atoms with van der Waals surface area (Å²) in [7, 11) is 0. The van der Waals surface area contributed by atoms with Crippen LogP contribution in [0.3, 0.4) is 0 Å². The monoisotopic (exact) mass is 278 g/mol. The number of benzene rings is 3. The van der Waals surface area contributed by atoms with E-state index < -0.39 is 0 Å². The number of fused-ring (bicyclic) bond motifs is 1. The molecular weight excluding hydrogens is 260 g/mol. The van der Waals surface area contributed by atoms with Crippen LogP contribution in [0.1, 0.15) is 12.5 Å². The highest BCUT2D eigenvalue weighted by Crippen LogP contribution is 2.22. The van der Waals surface area contributed by atoms with Gasteiger partial charge in [0.1, 0.15) is 11.5 Å². The van der Waals surface area contributed by atoms with E-state index in [0.29, 0.717) is 0 Å². The van der Waals surface area contributed by atoms with Crippen LogP contribution in [0.4, 0.5) is 0 Å². The SMILES string of the molecule is Cc1ccc(OC(C)Oc2ccc3ccccc3c2)cc1. The van der Waals surface area contributed by atoms with Crippen LogP contribution in [-0.2, 0) is 0 Å². The van der Waals surface area contributed by atoms with Gasteiger partial charge in [-0.05, 0) is 42.0 Å². The highest BCUT2D eigenvalue weighted by Gasteiger charge is 2.06. The summed E-state index contributed by atoms with van der Waals surface area (Å²) in [5, 5.41) is 2.37. The zero-order valence-corrected chi connectivity index (χ0v) is 12.2. The minimum absolute atomic E-state index is 0.339. The van der Waals surface area contributed by atoms with Crippen molar-refractivity contribution in [1.29, 1.82) is 0 Å². The largest absolute Gasteiger partial charge is 0.455 e. The van der Waals surface area contributed by atoms with Crippen molar-refractivity contribution in [2.75, 3.05) is 0 Å². The van der Waals surface area contributed by atoms with Crippen molar-refractivity contribution in [2.24, 2.45) is 0 Å². The molecule has 0 aliphatic carbocycles. The summed E-state index contributed by atoms with van der Waals surface area (Å²) in [6, 6.07) is 22.2. The molecule has 106 valence electrons. The van der Waals surface area contributed by atoms with Gasteiger partial charge in [-0.3, -0.25) is 0 Å². The molecule has 3 rings (SSSR count). The molecule has 2 nitrogen and oxygen atoms in total. The highest BCUT2D eigenvalue weighted by atomic mass is 16.7. The Morgan fingerprint density at radius 3 is 2.10 bits per heavy atom. The van der Waals surface area contributed by atoms with E-state index in [1.165, 1.54) is 10.9 Å². The van der Waals surface area contributed by atoms with Crippen molar-refractivity contribution in [1.82, 2.24) is 0 Å². The molecule has 21 heavy (non-hydrogen) atoms. The van der Waals surface area contributed by atoms with Crippen LogP contribution in [0, 0.1) is 6.92 Å². The predicted octanol–water partition coefficient (Wildman–Crippen LogP) is 4.95. The first-order valence-electron chi connectivity index (χ1n) is 7.09. The van der Waals surface area contributed by atoms with E-state index in [4.69, 9.17) is 9.47 Å². The molecule has 0 fully saturated rings. The Bertz CT molecular complexity index is 732. The first-order valence-corrected chi connectivity index (χ1v) is 7.09. The molecule has 3 aromatic carbocycles. The summed E-state index contributed by atoms with van der Waals surface area (Å²) in [5.74, 6) is 1.63. The van der Waals surface area contributed by atoms with Crippen LogP contribution in [-0.4, -0.2) is 6.29 Å². The second-order valence-electron chi connectivity index (χ2n) is 5.13. The molecule has 0 amide bonds. The lowest BCUT2D eigenvalue weighted by Crippen LogP contribution is -2.19. The normalized spacial score (nSPS) is 12.1. The van der Waals surface area contributed by atoms with Crippen LogP contribution in [0.5, 0.6) is 11.5 Å². The molecule has 0 bridgehead atoms. The van der Waals surface area contributed by atoms with Gasteiger partial charge in [-0.1, -0.05) is 48.0 Å². The Labute approximate surface area is 124 Å². The van der Waals surface area contributed by atoms with Crippen molar-refractivity contribution >= 4 is 10.8 Å². The van der Waals surface area contributed by atoms with Crippen molar-refractivity contribution in [2.45, 2.75) is 20.1 Å². The zero-order chi connectivity index (χ0) is 14.7. The third kappa shape index (κ3) is 3.34. The zero-order valence-electron chi connectivity index (χ0n) is 12.2. The van der Waals surface area contributed by atoms with Crippen molar-refractivity contribution in [3.05, 3.63) is 72.3 Å². The second kappa shape index (κ2) is 5.88. The van der Waals surface area contributed by atoms with E-state index >= 15 is 0 Å². The lowest BCUT2D eigenvalue weighted by atomic mass is 10.1. The fourth-order valence-corrected chi connectivity index (χ4v) is 2.26. The predicted molar refractivity (Wildman–Crippen MR) is 85.8 cm³/mol. The Hall–Kier alpha value is -2.48. The van der Waals surface area contributed by atoms with E-state index in [1.54, 1.807) is 0 Å². The molecule has 0 N–H and O–H groups in total. The summed E-state index contributed by atoms with van der Waals surface area (Å²) in [6.07, 6.45) is -0.339. The van der Waals surface area contributed by atoms with Crippen LogP contribution in [0.2, 0.25) is 0 Å². The summed E-state index contributed by atoms with van der Waals surface area (Å²) >= 11 is 0. The smallest absolute Gasteiger partial charge is 0.238 e. The van der Waals surface area contributed by atoms with Gasteiger partial charge in [0.05, 0.1) is 0 Å². The van der Waals surface area contributed by atoms with Gasteiger partial charge < -0.3 is 9.47 Å². The molecule has 0 radical (unpaired) electrons. The maximum Gasteiger partial charge on any atom is 0.238 e. The fraction of sp³-hybridized carbons (Fsp3) is 0.158. The second-order valence-corrected chi connectivity index (χ2v) is 5.13. The molecule has 0 saturated carbocycles. The minimum atomic E-state index is -0.339. The first-order chi connectivity index (χ1) is 10.2. The van der Waals surface area contributed by atoms with Crippen molar-refractivity contribution < 1.29 is 9.47 Å². The standard InChI is InChI=1S/C19H18O2/c1-14-7-10-18(11-8-14)20-15(2)21-19-12-9-16-5-3-4-6-17(16)13-19/h3-13,15H,1-2H3. The van der Waals surface area contributed by atoms with Crippen LogP contribution < -0.4 is 9.47 Å². The van der Waals surface area contributed by atoms with Gasteiger partial charge in [-0.15, -0.1) is 0 Å². The van der Waals surface area contributed by atoms with Gasteiger partial charge >= 0.3 is 0 Å². The summed E-state index contributed by atoms with van der Waals surface area (Å²) in [5.41, 5.74) is 1.21.